The molecule has 1 aliphatic carbocycles. The van der Waals surface area contributed by atoms with Gasteiger partial charge in [0.15, 0.2) is 0 Å². The summed E-state index contributed by atoms with van der Waals surface area (Å²) >= 11 is 0. The molecule has 1 N–H and O–H groups in total. The summed E-state index contributed by atoms with van der Waals surface area (Å²) in [6.45, 7) is 0. The summed E-state index contributed by atoms with van der Waals surface area (Å²) in [5.41, 5.74) is 3.79. The standard InChI is InChI=1S/C25H22N2O/c1-3-7-18(8-4-1)20-15-23-24(17-27-25(23)26-16-20)19-11-13-22(14-12-19)28-21-9-5-2-6-10-21/h1-7,9-18,23,25,27H,8H2. The number of hydrogen-bond donors (Lipinski definition) is 1. The number of fused-ring (bicyclic) bond motifs is 1. The number of nitrogens with zero attached hydrogens (tertiary/aromatic N) is 1. The van der Waals surface area contributed by atoms with E-state index >= 15 is 0 Å². The molecule has 3 unspecified atom stereocenters. The fraction of sp³-hybridized carbons (Fsp3) is 0.160. The number of nitrogens with one attached hydrogen (secondary N) is 1. The molecule has 3 heteroatoms. The van der Waals surface area contributed by atoms with Crippen LogP contribution in [0.25, 0.3) is 5.57 Å². The van der Waals surface area contributed by atoms with Crippen molar-refractivity contribution in [2.45, 2.75) is 12.6 Å². The molecule has 0 spiro atoms. The van der Waals surface area contributed by atoms with Crippen LogP contribution in [0.5, 0.6) is 11.5 Å². The molecule has 0 fully saturated rings. The number of benzene rings is 2. The molecule has 2 aromatic carbocycles. The topological polar surface area (TPSA) is 33.6 Å². The number of allylic oxidation sites excluding steroid dienone is 5. The van der Waals surface area contributed by atoms with Crippen LogP contribution in [0.1, 0.15) is 12.0 Å². The third kappa shape index (κ3) is 3.31. The van der Waals surface area contributed by atoms with Crippen LogP contribution in [0.4, 0.5) is 0 Å². The zero-order valence-corrected chi connectivity index (χ0v) is 15.5. The van der Waals surface area contributed by atoms with Gasteiger partial charge in [0.25, 0.3) is 0 Å². The van der Waals surface area contributed by atoms with Gasteiger partial charge < -0.3 is 10.1 Å². The summed E-state index contributed by atoms with van der Waals surface area (Å²) in [4.78, 5) is 4.76. The molecule has 2 heterocycles. The Labute approximate surface area is 165 Å². The summed E-state index contributed by atoms with van der Waals surface area (Å²) in [6.07, 6.45) is 16.4. The van der Waals surface area contributed by atoms with Crippen LogP contribution in [0.2, 0.25) is 0 Å². The minimum absolute atomic E-state index is 0.0992. The lowest BCUT2D eigenvalue weighted by molar-refractivity contribution is 0.482. The van der Waals surface area contributed by atoms with E-state index in [1.807, 2.05) is 48.7 Å². The smallest absolute Gasteiger partial charge is 0.128 e. The monoisotopic (exact) mass is 366 g/mol. The van der Waals surface area contributed by atoms with Gasteiger partial charge >= 0.3 is 0 Å². The third-order valence-electron chi connectivity index (χ3n) is 5.44. The first kappa shape index (κ1) is 16.8. The van der Waals surface area contributed by atoms with Crippen LogP contribution in [0, 0.1) is 11.8 Å². The van der Waals surface area contributed by atoms with Crippen molar-refractivity contribution in [3.8, 4) is 11.5 Å². The van der Waals surface area contributed by atoms with Gasteiger partial charge in [-0.3, -0.25) is 4.99 Å². The van der Waals surface area contributed by atoms with E-state index < -0.39 is 0 Å². The highest BCUT2D eigenvalue weighted by Gasteiger charge is 2.31. The van der Waals surface area contributed by atoms with E-state index in [1.165, 1.54) is 16.7 Å². The second kappa shape index (κ2) is 7.35. The number of para-hydroxylation sites is 1. The first-order valence-electron chi connectivity index (χ1n) is 9.74. The Morgan fingerprint density at radius 3 is 2.54 bits per heavy atom. The summed E-state index contributed by atoms with van der Waals surface area (Å²) in [7, 11) is 0. The van der Waals surface area contributed by atoms with Crippen LogP contribution in [-0.4, -0.2) is 12.4 Å². The summed E-state index contributed by atoms with van der Waals surface area (Å²) in [5.74, 6) is 2.38. The predicted molar refractivity (Wildman–Crippen MR) is 114 cm³/mol. The zero-order valence-electron chi connectivity index (χ0n) is 15.5. The lowest BCUT2D eigenvalue weighted by atomic mass is 9.85. The van der Waals surface area contributed by atoms with Crippen molar-refractivity contribution in [3.63, 3.8) is 0 Å². The van der Waals surface area contributed by atoms with Crippen molar-refractivity contribution in [1.82, 2.24) is 5.32 Å². The maximum atomic E-state index is 5.91. The van der Waals surface area contributed by atoms with Gasteiger partial charge in [-0.25, -0.2) is 0 Å². The predicted octanol–water partition coefficient (Wildman–Crippen LogP) is 5.51. The van der Waals surface area contributed by atoms with Crippen LogP contribution in [-0.2, 0) is 0 Å². The van der Waals surface area contributed by atoms with Gasteiger partial charge in [0.05, 0.1) is 0 Å². The van der Waals surface area contributed by atoms with Crippen molar-refractivity contribution in [2.75, 3.05) is 0 Å². The summed E-state index contributed by atoms with van der Waals surface area (Å²) in [6, 6.07) is 18.2. The zero-order chi connectivity index (χ0) is 18.8. The van der Waals surface area contributed by atoms with Crippen LogP contribution < -0.4 is 10.1 Å². The molecular weight excluding hydrogens is 344 g/mol. The first-order chi connectivity index (χ1) is 13.9. The van der Waals surface area contributed by atoms with E-state index in [0.717, 1.165) is 17.9 Å². The highest BCUT2D eigenvalue weighted by molar-refractivity contribution is 5.84. The van der Waals surface area contributed by atoms with Crippen LogP contribution in [0.15, 0.2) is 102 Å². The Bertz CT molecular complexity index is 997. The average Bonchev–Trinajstić information content (AvgIpc) is 3.19. The maximum Gasteiger partial charge on any atom is 0.128 e. The lowest BCUT2D eigenvalue weighted by Crippen LogP contribution is -2.28. The van der Waals surface area contributed by atoms with E-state index in [2.05, 4.69) is 54.0 Å². The molecule has 0 saturated carbocycles. The minimum atomic E-state index is 0.0992. The van der Waals surface area contributed by atoms with Crippen molar-refractivity contribution >= 4 is 11.8 Å². The van der Waals surface area contributed by atoms with Crippen molar-refractivity contribution < 1.29 is 4.74 Å². The molecule has 0 saturated heterocycles. The van der Waals surface area contributed by atoms with Gasteiger partial charge in [0, 0.05) is 24.3 Å². The molecule has 0 amide bonds. The number of aliphatic imine (C=N–C) groups is 1. The number of hydrogen-bond acceptors (Lipinski definition) is 3. The molecular formula is C25H22N2O. The molecule has 3 nitrogen and oxygen atoms in total. The quantitative estimate of drug-likeness (QED) is 0.774. The van der Waals surface area contributed by atoms with Gasteiger partial charge in [-0.1, -0.05) is 60.7 Å². The Kier molecular flexibility index (Phi) is 4.42. The molecule has 5 rings (SSSR count). The Morgan fingerprint density at radius 1 is 0.929 bits per heavy atom. The van der Waals surface area contributed by atoms with Crippen molar-refractivity contribution in [3.05, 3.63) is 102 Å². The van der Waals surface area contributed by atoms with Gasteiger partial charge in [-0.2, -0.15) is 0 Å². The van der Waals surface area contributed by atoms with E-state index in [-0.39, 0.29) is 12.1 Å². The average molecular weight is 366 g/mol. The first-order valence-corrected chi connectivity index (χ1v) is 9.74. The summed E-state index contributed by atoms with van der Waals surface area (Å²) < 4.78 is 5.91. The molecule has 2 aromatic rings. The molecule has 3 atom stereocenters. The van der Waals surface area contributed by atoms with E-state index in [1.54, 1.807) is 0 Å². The molecule has 3 aliphatic rings. The van der Waals surface area contributed by atoms with E-state index in [0.29, 0.717) is 5.92 Å². The highest BCUT2D eigenvalue weighted by Crippen LogP contribution is 2.37. The van der Waals surface area contributed by atoms with Gasteiger partial charge in [-0.15, -0.1) is 0 Å². The Morgan fingerprint density at radius 2 is 1.75 bits per heavy atom. The molecule has 2 aliphatic heterocycles. The second-order valence-corrected chi connectivity index (χ2v) is 7.28. The van der Waals surface area contributed by atoms with E-state index in [4.69, 9.17) is 9.73 Å². The van der Waals surface area contributed by atoms with Crippen LogP contribution >= 0.6 is 0 Å². The third-order valence-corrected chi connectivity index (χ3v) is 5.44. The Hall–Kier alpha value is -3.33. The highest BCUT2D eigenvalue weighted by atomic mass is 16.5. The number of dihydropyridines is 1. The number of ether oxygens (including phenoxy) is 1. The van der Waals surface area contributed by atoms with Gasteiger partial charge in [0.1, 0.15) is 17.7 Å². The van der Waals surface area contributed by atoms with Crippen molar-refractivity contribution in [2.24, 2.45) is 16.8 Å². The fourth-order valence-corrected chi connectivity index (χ4v) is 3.94. The molecule has 28 heavy (non-hydrogen) atoms. The Balaban J connectivity index is 1.35. The largest absolute Gasteiger partial charge is 0.457 e. The van der Waals surface area contributed by atoms with Crippen LogP contribution in [0.3, 0.4) is 0 Å². The van der Waals surface area contributed by atoms with Gasteiger partial charge in [-0.05, 0) is 47.4 Å². The van der Waals surface area contributed by atoms with E-state index in [9.17, 15) is 0 Å². The summed E-state index contributed by atoms with van der Waals surface area (Å²) in [5, 5.41) is 3.42. The molecule has 0 radical (unpaired) electrons. The fourth-order valence-electron chi connectivity index (χ4n) is 3.94. The lowest BCUT2D eigenvalue weighted by Gasteiger charge is -2.24. The number of rotatable bonds is 4. The van der Waals surface area contributed by atoms with Gasteiger partial charge in [0.2, 0.25) is 0 Å². The maximum absolute atomic E-state index is 5.91. The molecule has 0 bridgehead atoms. The molecule has 0 aromatic heterocycles. The normalized spacial score (nSPS) is 24.9. The minimum Gasteiger partial charge on any atom is -0.457 e. The SMILES string of the molecule is C1=CCC(C2=CC3C(c4ccc(Oc5ccccc5)cc4)=CNC3N=C2)C=C1. The molecule has 138 valence electrons. The second-order valence-electron chi connectivity index (χ2n) is 7.28. The van der Waals surface area contributed by atoms with Crippen molar-refractivity contribution in [1.29, 1.82) is 0 Å².